The van der Waals surface area contributed by atoms with Crippen molar-refractivity contribution in [1.29, 1.82) is 0 Å². The van der Waals surface area contributed by atoms with E-state index in [1.54, 1.807) is 6.07 Å². The summed E-state index contributed by atoms with van der Waals surface area (Å²) < 4.78 is 24.5. The monoisotopic (exact) mass is 403 g/mol. The zero-order chi connectivity index (χ0) is 20.6. The number of nitrogens with one attached hydrogen (secondary N) is 2. The van der Waals surface area contributed by atoms with E-state index in [9.17, 15) is 14.0 Å². The number of rotatable bonds is 8. The van der Waals surface area contributed by atoms with E-state index < -0.39 is 24.1 Å². The van der Waals surface area contributed by atoms with E-state index in [0.717, 1.165) is 5.56 Å². The van der Waals surface area contributed by atoms with Gasteiger partial charge in [0, 0.05) is 6.54 Å². The van der Waals surface area contributed by atoms with Gasteiger partial charge in [0.15, 0.2) is 0 Å². The second kappa shape index (κ2) is 9.74. The largest absolute Gasteiger partial charge is 0.445 e. The first-order valence-electron chi connectivity index (χ1n) is 9.14. The molecule has 2 aromatic rings. The highest BCUT2D eigenvalue weighted by Gasteiger charge is 2.33. The van der Waals surface area contributed by atoms with Crippen LogP contribution in [0.4, 0.5) is 25.4 Å². The fourth-order valence-corrected chi connectivity index (χ4v) is 2.82. The number of halogens is 1. The number of benzene rings is 2. The lowest BCUT2D eigenvalue weighted by Crippen LogP contribution is -2.34. The molecule has 154 valence electrons. The number of nitrogens with zero attached hydrogens (tertiary/aromatic N) is 1. The number of hydrogen-bond donors (Lipinski definition) is 3. The van der Waals surface area contributed by atoms with Gasteiger partial charge in [0.1, 0.15) is 18.5 Å². The molecule has 29 heavy (non-hydrogen) atoms. The SMILES string of the molecule is O=C(NC[C@H]1CN(c2ccc(NCCO)c(F)c2)C(=O)O1)OCc1ccccc1. The molecule has 1 heterocycles. The molecule has 3 N–H and O–H groups in total. The summed E-state index contributed by atoms with van der Waals surface area (Å²) in [5.41, 5.74) is 1.44. The highest BCUT2D eigenvalue weighted by atomic mass is 19.1. The molecule has 1 atom stereocenters. The van der Waals surface area contributed by atoms with E-state index in [-0.39, 0.29) is 38.5 Å². The van der Waals surface area contributed by atoms with Gasteiger partial charge in [0.2, 0.25) is 0 Å². The zero-order valence-corrected chi connectivity index (χ0v) is 15.6. The standard InChI is InChI=1S/C20H22FN3O5/c21-17-10-15(6-7-18(17)22-8-9-25)24-12-16(29-20(24)27)11-23-19(26)28-13-14-4-2-1-3-5-14/h1-7,10,16,22,25H,8-9,11-13H2,(H,23,26)/t16-/m0/s1. The predicted molar refractivity (Wildman–Crippen MR) is 104 cm³/mol. The van der Waals surface area contributed by atoms with E-state index in [1.165, 1.54) is 17.0 Å². The molecule has 0 aliphatic carbocycles. The van der Waals surface area contributed by atoms with Crippen molar-refractivity contribution in [2.24, 2.45) is 0 Å². The van der Waals surface area contributed by atoms with Crippen molar-refractivity contribution in [2.75, 3.05) is 36.5 Å². The summed E-state index contributed by atoms with van der Waals surface area (Å²) in [5, 5.41) is 14.1. The number of aliphatic hydroxyl groups is 1. The van der Waals surface area contributed by atoms with E-state index in [4.69, 9.17) is 14.6 Å². The summed E-state index contributed by atoms with van der Waals surface area (Å²) in [5.74, 6) is -0.546. The first kappa shape index (κ1) is 20.4. The fourth-order valence-electron chi connectivity index (χ4n) is 2.82. The van der Waals surface area contributed by atoms with Crippen LogP contribution in [0, 0.1) is 5.82 Å². The lowest BCUT2D eigenvalue weighted by Gasteiger charge is -2.15. The van der Waals surface area contributed by atoms with Crippen molar-refractivity contribution < 1.29 is 28.6 Å². The van der Waals surface area contributed by atoms with Crippen molar-refractivity contribution in [3.05, 3.63) is 59.9 Å². The predicted octanol–water partition coefficient (Wildman–Crippen LogP) is 2.48. The van der Waals surface area contributed by atoms with Crippen LogP contribution in [0.3, 0.4) is 0 Å². The minimum atomic E-state index is -0.620. The average Bonchev–Trinajstić information content (AvgIpc) is 3.11. The smallest absolute Gasteiger partial charge is 0.414 e. The minimum Gasteiger partial charge on any atom is -0.445 e. The van der Waals surface area contributed by atoms with Crippen LogP contribution in [-0.2, 0) is 16.1 Å². The summed E-state index contributed by atoms with van der Waals surface area (Å²) in [4.78, 5) is 25.2. The van der Waals surface area contributed by atoms with E-state index in [1.807, 2.05) is 30.3 Å². The van der Waals surface area contributed by atoms with Gasteiger partial charge in [-0.1, -0.05) is 30.3 Å². The van der Waals surface area contributed by atoms with E-state index >= 15 is 0 Å². The maximum Gasteiger partial charge on any atom is 0.414 e. The lowest BCUT2D eigenvalue weighted by molar-refractivity contribution is 0.121. The third-order valence-corrected chi connectivity index (χ3v) is 4.25. The van der Waals surface area contributed by atoms with Crippen LogP contribution in [0.1, 0.15) is 5.56 Å². The molecule has 1 aliphatic heterocycles. The molecule has 2 amide bonds. The van der Waals surface area contributed by atoms with Crippen LogP contribution < -0.4 is 15.5 Å². The highest BCUT2D eigenvalue weighted by Crippen LogP contribution is 2.25. The first-order chi connectivity index (χ1) is 14.1. The average molecular weight is 403 g/mol. The second-order valence-electron chi connectivity index (χ2n) is 6.37. The van der Waals surface area contributed by atoms with Gasteiger partial charge >= 0.3 is 12.2 Å². The fraction of sp³-hybridized carbons (Fsp3) is 0.300. The maximum absolute atomic E-state index is 14.1. The number of amides is 2. The van der Waals surface area contributed by atoms with Gasteiger partial charge in [0.25, 0.3) is 0 Å². The molecule has 1 saturated heterocycles. The summed E-state index contributed by atoms with van der Waals surface area (Å²) in [6.07, 6.45) is -1.82. The molecule has 0 radical (unpaired) electrons. The van der Waals surface area contributed by atoms with Crippen LogP contribution >= 0.6 is 0 Å². The molecule has 0 aromatic heterocycles. The molecule has 0 unspecified atom stereocenters. The number of cyclic esters (lactones) is 1. The Morgan fingerprint density at radius 1 is 1.28 bits per heavy atom. The molecule has 9 heteroatoms. The molecule has 1 fully saturated rings. The minimum absolute atomic E-state index is 0.0779. The highest BCUT2D eigenvalue weighted by molar-refractivity contribution is 5.90. The van der Waals surface area contributed by atoms with Crippen LogP contribution in [0.2, 0.25) is 0 Å². The summed E-state index contributed by atoms with van der Waals surface area (Å²) in [6.45, 7) is 0.479. The Labute approximate surface area is 167 Å². The summed E-state index contributed by atoms with van der Waals surface area (Å²) in [6, 6.07) is 13.5. The van der Waals surface area contributed by atoms with E-state index in [2.05, 4.69) is 10.6 Å². The quantitative estimate of drug-likeness (QED) is 0.626. The van der Waals surface area contributed by atoms with E-state index in [0.29, 0.717) is 5.69 Å². The number of aliphatic hydroxyl groups excluding tert-OH is 1. The number of ether oxygens (including phenoxy) is 2. The van der Waals surface area contributed by atoms with Crippen LogP contribution in [0.25, 0.3) is 0 Å². The number of anilines is 2. The Kier molecular flexibility index (Phi) is 6.85. The normalized spacial score (nSPS) is 15.7. The Hall–Kier alpha value is -3.33. The Morgan fingerprint density at radius 2 is 2.07 bits per heavy atom. The molecular weight excluding hydrogens is 381 g/mol. The lowest BCUT2D eigenvalue weighted by atomic mass is 10.2. The molecule has 3 rings (SSSR count). The Morgan fingerprint density at radius 3 is 2.79 bits per heavy atom. The molecular formula is C20H22FN3O5. The van der Waals surface area contributed by atoms with Gasteiger partial charge in [0.05, 0.1) is 31.1 Å². The van der Waals surface area contributed by atoms with Crippen molar-refractivity contribution in [1.82, 2.24) is 5.32 Å². The van der Waals surface area contributed by atoms with Crippen molar-refractivity contribution in [3.8, 4) is 0 Å². The van der Waals surface area contributed by atoms with Gasteiger partial charge < -0.3 is 25.2 Å². The zero-order valence-electron chi connectivity index (χ0n) is 15.6. The van der Waals surface area contributed by atoms with Gasteiger partial charge in [-0.05, 0) is 23.8 Å². The summed E-state index contributed by atoms with van der Waals surface area (Å²) >= 11 is 0. The molecule has 0 saturated carbocycles. The maximum atomic E-state index is 14.1. The van der Waals surface area contributed by atoms with Crippen LogP contribution in [0.5, 0.6) is 0 Å². The first-order valence-corrected chi connectivity index (χ1v) is 9.14. The van der Waals surface area contributed by atoms with Crippen molar-refractivity contribution in [2.45, 2.75) is 12.7 Å². The third-order valence-electron chi connectivity index (χ3n) is 4.25. The van der Waals surface area contributed by atoms with Crippen molar-refractivity contribution in [3.63, 3.8) is 0 Å². The van der Waals surface area contributed by atoms with Crippen LogP contribution in [-0.4, -0.2) is 49.6 Å². The third kappa shape index (κ3) is 5.58. The van der Waals surface area contributed by atoms with Gasteiger partial charge in [-0.3, -0.25) is 4.90 Å². The second-order valence-corrected chi connectivity index (χ2v) is 6.37. The molecule has 8 nitrogen and oxygen atoms in total. The van der Waals surface area contributed by atoms with Gasteiger partial charge in [-0.25, -0.2) is 14.0 Å². The Bertz CT molecular complexity index is 849. The number of carbonyl (C=O) groups excluding carboxylic acids is 2. The molecule has 0 spiro atoms. The number of alkyl carbamates (subject to hydrolysis) is 1. The number of hydrogen-bond acceptors (Lipinski definition) is 6. The molecule has 1 aliphatic rings. The summed E-state index contributed by atoms with van der Waals surface area (Å²) in [7, 11) is 0. The van der Waals surface area contributed by atoms with Gasteiger partial charge in [-0.2, -0.15) is 0 Å². The molecule has 0 bridgehead atoms. The van der Waals surface area contributed by atoms with Gasteiger partial charge in [-0.15, -0.1) is 0 Å². The topological polar surface area (TPSA) is 100 Å². The van der Waals surface area contributed by atoms with Crippen LogP contribution in [0.15, 0.2) is 48.5 Å². The number of carbonyl (C=O) groups is 2. The Balaban J connectivity index is 1.48. The van der Waals surface area contributed by atoms with Crippen molar-refractivity contribution >= 4 is 23.6 Å². The molecule has 2 aromatic carbocycles.